The topological polar surface area (TPSA) is 8.17 Å². The Balaban J connectivity index is 0.00000256. The van der Waals surface area contributed by atoms with E-state index >= 15 is 0 Å². The molecule has 1 aliphatic carbocycles. The van der Waals surface area contributed by atoms with Gasteiger partial charge >= 0.3 is 0 Å². The summed E-state index contributed by atoms with van der Waals surface area (Å²) in [5, 5.41) is 2.50. The minimum Gasteiger partial charge on any atom is -0.310 e. The van der Waals surface area contributed by atoms with E-state index in [1.807, 2.05) is 13.8 Å². The smallest absolute Gasteiger partial charge is 0.0714 e. The molecule has 11 aromatic carbocycles. The van der Waals surface area contributed by atoms with Crippen LogP contribution in [0.1, 0.15) is 36.1 Å². The van der Waals surface area contributed by atoms with Crippen LogP contribution in [-0.2, 0) is 5.41 Å². The number of anilines is 3. The fraction of sp³-hybridized carbons (Fsp3) is 0.0435. The average Bonchev–Trinajstić information content (AvgIpc) is 3.95. The summed E-state index contributed by atoms with van der Waals surface area (Å²) < 4.78 is 2.37. The van der Waals surface area contributed by atoms with Gasteiger partial charge in [0.1, 0.15) is 0 Å². The fourth-order valence-electron chi connectivity index (χ4n) is 11.1. The van der Waals surface area contributed by atoms with E-state index in [9.17, 15) is 0 Å². The lowest BCUT2D eigenvalue weighted by Crippen LogP contribution is -2.28. The van der Waals surface area contributed by atoms with Crippen molar-refractivity contribution in [2.24, 2.45) is 0 Å². The molecule has 0 aliphatic heterocycles. The summed E-state index contributed by atoms with van der Waals surface area (Å²) in [6, 6.07) is 102. The van der Waals surface area contributed by atoms with Crippen LogP contribution in [0.4, 0.5) is 17.1 Å². The van der Waals surface area contributed by atoms with Crippen LogP contribution in [0, 0.1) is 0 Å². The maximum Gasteiger partial charge on any atom is 0.0714 e. The number of para-hydroxylation sites is 2. The van der Waals surface area contributed by atoms with E-state index in [4.69, 9.17) is 0 Å². The molecule has 0 saturated carbocycles. The predicted octanol–water partition coefficient (Wildman–Crippen LogP) is 18.6. The van der Waals surface area contributed by atoms with Gasteiger partial charge in [-0.15, -0.1) is 0 Å². The quantitative estimate of drug-likeness (QED) is 0.140. The maximum atomic E-state index is 2.45. The first-order chi connectivity index (χ1) is 35.2. The van der Waals surface area contributed by atoms with Crippen molar-refractivity contribution in [3.05, 3.63) is 301 Å². The molecule has 0 spiro atoms. The van der Waals surface area contributed by atoms with Gasteiger partial charge in [-0.2, -0.15) is 0 Å². The lowest BCUT2D eigenvalue weighted by molar-refractivity contribution is 0.768. The highest BCUT2D eigenvalue weighted by molar-refractivity contribution is 6.10. The molecule has 2 nitrogen and oxygen atoms in total. The average molecular weight is 909 g/mol. The van der Waals surface area contributed by atoms with Gasteiger partial charge in [-0.25, -0.2) is 0 Å². The van der Waals surface area contributed by atoms with Crippen molar-refractivity contribution in [1.82, 2.24) is 4.57 Å². The van der Waals surface area contributed by atoms with Crippen LogP contribution >= 0.6 is 0 Å². The molecule has 0 N–H and O–H groups in total. The molecule has 1 aromatic heterocycles. The predicted molar refractivity (Wildman–Crippen MR) is 300 cm³/mol. The van der Waals surface area contributed by atoms with Crippen LogP contribution in [-0.4, -0.2) is 4.57 Å². The minimum absolute atomic E-state index is 0.508. The number of hydrogen-bond acceptors (Lipinski definition) is 1. The summed E-state index contributed by atoms with van der Waals surface area (Å²) in [6.45, 7) is 4.00. The Morgan fingerprint density at radius 2 is 0.746 bits per heavy atom. The lowest BCUT2D eigenvalue weighted by atomic mass is 9.67. The van der Waals surface area contributed by atoms with E-state index in [0.717, 1.165) is 17.1 Å². The fourth-order valence-corrected chi connectivity index (χ4v) is 11.1. The highest BCUT2D eigenvalue weighted by Crippen LogP contribution is 2.57. The van der Waals surface area contributed by atoms with Gasteiger partial charge in [-0.1, -0.05) is 220 Å². The minimum atomic E-state index is -0.508. The highest BCUT2D eigenvalue weighted by atomic mass is 15.1. The Hall–Kier alpha value is -8.98. The Labute approximate surface area is 417 Å². The maximum absolute atomic E-state index is 2.45. The Bertz CT molecular complexity index is 3760. The van der Waals surface area contributed by atoms with Crippen LogP contribution < -0.4 is 4.90 Å². The van der Waals surface area contributed by atoms with Crippen molar-refractivity contribution >= 4 is 38.9 Å². The largest absolute Gasteiger partial charge is 0.310 e. The standard InChI is InChI=1S/C67H46N2.C2H6/c1-5-18-47(19-6-1)48-32-37-56(38-33-48)68(58-41-42-60-59-28-13-15-30-63(59)67(64(60)46-58,53-22-7-2-8-23-53)54-24-9-3-10-25-54)57-39-34-49(35-40-57)50-20-17-21-51(44-50)52-36-43-66-62(45-52)61-29-14-16-31-65(61)69(66)55-26-11-4-12-27-55;1-2/h1-46H;1-2H3. The second-order valence-corrected chi connectivity index (χ2v) is 18.1. The molecule has 1 heterocycles. The third-order valence-corrected chi connectivity index (χ3v) is 14.3. The number of benzene rings is 11. The van der Waals surface area contributed by atoms with Gasteiger partial charge in [0.15, 0.2) is 0 Å². The van der Waals surface area contributed by atoms with Crippen LogP contribution in [0.5, 0.6) is 0 Å². The van der Waals surface area contributed by atoms with Crippen molar-refractivity contribution in [3.8, 4) is 50.2 Å². The Morgan fingerprint density at radius 1 is 0.296 bits per heavy atom. The zero-order valence-corrected chi connectivity index (χ0v) is 40.0. The number of rotatable bonds is 9. The molecule has 1 aliphatic rings. The van der Waals surface area contributed by atoms with Crippen molar-refractivity contribution in [2.75, 3.05) is 4.90 Å². The molecule has 0 fully saturated rings. The van der Waals surface area contributed by atoms with Crippen molar-refractivity contribution in [3.63, 3.8) is 0 Å². The number of hydrogen-bond donors (Lipinski definition) is 0. The van der Waals surface area contributed by atoms with Gasteiger partial charge < -0.3 is 9.47 Å². The van der Waals surface area contributed by atoms with E-state index in [1.54, 1.807) is 0 Å². The monoisotopic (exact) mass is 908 g/mol. The summed E-state index contributed by atoms with van der Waals surface area (Å²) in [6.07, 6.45) is 0. The van der Waals surface area contributed by atoms with Gasteiger partial charge in [0.25, 0.3) is 0 Å². The summed E-state index contributed by atoms with van der Waals surface area (Å²) in [5.74, 6) is 0. The summed E-state index contributed by atoms with van der Waals surface area (Å²) in [7, 11) is 0. The van der Waals surface area contributed by atoms with Crippen molar-refractivity contribution in [2.45, 2.75) is 19.3 Å². The Morgan fingerprint density at radius 3 is 1.41 bits per heavy atom. The van der Waals surface area contributed by atoms with E-state index in [-0.39, 0.29) is 0 Å². The molecule has 71 heavy (non-hydrogen) atoms. The van der Waals surface area contributed by atoms with E-state index in [2.05, 4.69) is 289 Å². The highest BCUT2D eigenvalue weighted by Gasteiger charge is 2.46. The van der Waals surface area contributed by atoms with Crippen LogP contribution in [0.2, 0.25) is 0 Å². The molecule has 12 aromatic rings. The first-order valence-corrected chi connectivity index (χ1v) is 24.8. The molecule has 0 atom stereocenters. The second kappa shape index (κ2) is 18.5. The lowest BCUT2D eigenvalue weighted by Gasteiger charge is -2.35. The van der Waals surface area contributed by atoms with Crippen LogP contribution in [0.3, 0.4) is 0 Å². The van der Waals surface area contributed by atoms with Crippen LogP contribution in [0.15, 0.2) is 279 Å². The molecule has 0 unspecified atom stereocenters. The Kier molecular flexibility index (Phi) is 11.3. The van der Waals surface area contributed by atoms with E-state index in [1.165, 1.54) is 94.3 Å². The zero-order chi connectivity index (χ0) is 47.7. The SMILES string of the molecule is CC.c1ccc(-c2ccc(N(c3ccc(-c4cccc(-c5ccc6c(c5)c5ccccc5n6-c5ccccc5)c4)cc3)c3ccc4c(c3)C(c3ccccc3)(c3ccccc3)c3ccccc3-4)cc2)cc1. The number of aromatic nitrogens is 1. The van der Waals surface area contributed by atoms with Crippen molar-refractivity contribution < 1.29 is 0 Å². The normalized spacial score (nSPS) is 12.2. The van der Waals surface area contributed by atoms with Gasteiger partial charge in [0, 0.05) is 33.5 Å². The number of fused-ring (bicyclic) bond motifs is 6. The number of nitrogens with zero attached hydrogens (tertiary/aromatic N) is 2. The molecule has 338 valence electrons. The summed E-state index contributed by atoms with van der Waals surface area (Å²) in [4.78, 5) is 2.42. The zero-order valence-electron chi connectivity index (χ0n) is 40.0. The first kappa shape index (κ1) is 43.3. The third kappa shape index (κ3) is 7.44. The van der Waals surface area contributed by atoms with Crippen molar-refractivity contribution in [1.29, 1.82) is 0 Å². The van der Waals surface area contributed by atoms with Gasteiger partial charge in [-0.05, 0) is 140 Å². The van der Waals surface area contributed by atoms with Gasteiger partial charge in [0.05, 0.1) is 16.4 Å². The van der Waals surface area contributed by atoms with Gasteiger partial charge in [0.2, 0.25) is 0 Å². The summed E-state index contributed by atoms with van der Waals surface area (Å²) >= 11 is 0. The van der Waals surface area contributed by atoms with Gasteiger partial charge in [-0.3, -0.25) is 0 Å². The van der Waals surface area contributed by atoms with E-state index in [0.29, 0.717) is 0 Å². The molecule has 0 bridgehead atoms. The third-order valence-electron chi connectivity index (χ3n) is 14.3. The molecule has 0 radical (unpaired) electrons. The summed E-state index contributed by atoms with van der Waals surface area (Å²) in [5.41, 5.74) is 21.1. The van der Waals surface area contributed by atoms with Crippen LogP contribution in [0.25, 0.3) is 72.0 Å². The molecular formula is C69H52N2. The molecule has 13 rings (SSSR count). The first-order valence-electron chi connectivity index (χ1n) is 24.8. The van der Waals surface area contributed by atoms with E-state index < -0.39 is 5.41 Å². The molecular weight excluding hydrogens is 857 g/mol. The second-order valence-electron chi connectivity index (χ2n) is 18.1. The molecule has 0 saturated heterocycles. The molecule has 2 heteroatoms. The molecule has 0 amide bonds.